The van der Waals surface area contributed by atoms with Gasteiger partial charge in [-0.2, -0.15) is 0 Å². The van der Waals surface area contributed by atoms with Gasteiger partial charge in [0, 0.05) is 12.8 Å². The van der Waals surface area contributed by atoms with Gasteiger partial charge in [-0.05, 0) is 77.0 Å². The topological polar surface area (TPSA) is 119 Å². The van der Waals surface area contributed by atoms with Gasteiger partial charge in [0.1, 0.15) is 6.61 Å². The van der Waals surface area contributed by atoms with Crippen LogP contribution in [0.2, 0.25) is 0 Å². The molecular formula is C47H83O8P. The fourth-order valence-corrected chi connectivity index (χ4v) is 6.54. The van der Waals surface area contributed by atoms with Crippen molar-refractivity contribution in [2.45, 2.75) is 213 Å². The predicted octanol–water partition coefficient (Wildman–Crippen LogP) is 14.1. The number of allylic oxidation sites excluding steroid dienone is 10. The number of hydrogen-bond acceptors (Lipinski definition) is 6. The number of esters is 2. The first-order valence-corrected chi connectivity index (χ1v) is 24.1. The maximum Gasteiger partial charge on any atom is 0.469 e. The maximum absolute atomic E-state index is 12.4. The van der Waals surface area contributed by atoms with Crippen LogP contribution in [0.5, 0.6) is 0 Å². The van der Waals surface area contributed by atoms with E-state index < -0.39 is 32.5 Å². The summed E-state index contributed by atoms with van der Waals surface area (Å²) in [5, 5.41) is 0. The molecule has 0 spiro atoms. The summed E-state index contributed by atoms with van der Waals surface area (Å²) in [7, 11) is -4.77. The van der Waals surface area contributed by atoms with Crippen LogP contribution < -0.4 is 0 Å². The lowest BCUT2D eigenvalue weighted by atomic mass is 10.0. The molecule has 0 unspecified atom stereocenters. The third-order valence-corrected chi connectivity index (χ3v) is 10.0. The fraction of sp³-hybridized carbons (Fsp3) is 0.745. The summed E-state index contributed by atoms with van der Waals surface area (Å²) in [5.41, 5.74) is 0. The zero-order chi connectivity index (χ0) is 41.1. The highest BCUT2D eigenvalue weighted by atomic mass is 31.2. The van der Waals surface area contributed by atoms with E-state index >= 15 is 0 Å². The maximum atomic E-state index is 12.4. The molecule has 0 heterocycles. The summed E-state index contributed by atoms with van der Waals surface area (Å²) in [6, 6.07) is 0. The Labute approximate surface area is 343 Å². The second-order valence-electron chi connectivity index (χ2n) is 15.0. The van der Waals surface area contributed by atoms with Crippen LogP contribution in [0, 0.1) is 0 Å². The number of ether oxygens (including phenoxy) is 2. The Morgan fingerprint density at radius 1 is 0.482 bits per heavy atom. The van der Waals surface area contributed by atoms with E-state index in [0.717, 1.165) is 70.6 Å². The minimum absolute atomic E-state index is 0.182. The van der Waals surface area contributed by atoms with Crippen molar-refractivity contribution in [1.29, 1.82) is 0 Å². The molecule has 0 aromatic heterocycles. The highest BCUT2D eigenvalue weighted by Crippen LogP contribution is 2.36. The van der Waals surface area contributed by atoms with Crippen molar-refractivity contribution < 1.29 is 37.9 Å². The fourth-order valence-electron chi connectivity index (χ4n) is 6.18. The zero-order valence-corrected chi connectivity index (χ0v) is 36.7. The highest BCUT2D eigenvalue weighted by molar-refractivity contribution is 7.46. The summed E-state index contributed by atoms with van der Waals surface area (Å²) in [6.45, 7) is 3.56. The first-order chi connectivity index (χ1) is 27.3. The number of rotatable bonds is 41. The van der Waals surface area contributed by atoms with Crippen LogP contribution in [0.4, 0.5) is 0 Å². The molecule has 8 nitrogen and oxygen atoms in total. The minimum Gasteiger partial charge on any atom is -0.462 e. The zero-order valence-electron chi connectivity index (χ0n) is 35.8. The van der Waals surface area contributed by atoms with E-state index in [-0.39, 0.29) is 19.4 Å². The lowest BCUT2D eigenvalue weighted by Gasteiger charge is -2.18. The van der Waals surface area contributed by atoms with Gasteiger partial charge >= 0.3 is 19.8 Å². The summed E-state index contributed by atoms with van der Waals surface area (Å²) in [6.07, 6.45) is 53.7. The molecule has 0 aromatic carbocycles. The van der Waals surface area contributed by atoms with E-state index in [1.807, 2.05) is 0 Å². The van der Waals surface area contributed by atoms with Crippen LogP contribution in [-0.2, 0) is 28.2 Å². The molecule has 0 rings (SSSR count). The van der Waals surface area contributed by atoms with Crippen molar-refractivity contribution >= 4 is 19.8 Å². The summed E-state index contributed by atoms with van der Waals surface area (Å²) < 4.78 is 26.4. The summed E-state index contributed by atoms with van der Waals surface area (Å²) in [5.74, 6) is -0.912. The van der Waals surface area contributed by atoms with Gasteiger partial charge in [0.25, 0.3) is 0 Å². The van der Waals surface area contributed by atoms with Gasteiger partial charge in [-0.1, -0.05) is 177 Å². The van der Waals surface area contributed by atoms with Gasteiger partial charge < -0.3 is 19.3 Å². The Bertz CT molecular complexity index is 1090. The molecule has 0 fully saturated rings. The molecule has 0 bridgehead atoms. The molecule has 0 aromatic rings. The van der Waals surface area contributed by atoms with E-state index in [4.69, 9.17) is 19.3 Å². The normalized spacial score (nSPS) is 13.0. The summed E-state index contributed by atoms with van der Waals surface area (Å²) in [4.78, 5) is 42.9. The van der Waals surface area contributed by atoms with Crippen LogP contribution in [0.15, 0.2) is 60.8 Å². The quantitative estimate of drug-likeness (QED) is 0.0271. The SMILES string of the molecule is CC/C=C\C/C=C\C/C=C\C/C=C\CCCCCCC(=O)O[C@H](COC(=O)CCCCCCCCCCCCC/C=C\CCCCCCCC)COP(=O)(O)O. The number of carbonyl (C=O) groups is 2. The van der Waals surface area contributed by atoms with Crippen molar-refractivity contribution in [3.63, 3.8) is 0 Å². The van der Waals surface area contributed by atoms with Gasteiger partial charge in [0.05, 0.1) is 6.61 Å². The Balaban J connectivity index is 3.90. The molecule has 1 atom stereocenters. The molecule has 0 saturated carbocycles. The van der Waals surface area contributed by atoms with Crippen molar-refractivity contribution in [2.24, 2.45) is 0 Å². The van der Waals surface area contributed by atoms with Crippen LogP contribution in [-0.4, -0.2) is 41.0 Å². The second kappa shape index (κ2) is 42.4. The number of unbranched alkanes of at least 4 members (excludes halogenated alkanes) is 21. The molecule has 0 aliphatic carbocycles. The molecule has 2 N–H and O–H groups in total. The third kappa shape index (κ3) is 44.5. The monoisotopic (exact) mass is 807 g/mol. The molecule has 0 aliphatic heterocycles. The van der Waals surface area contributed by atoms with Crippen LogP contribution in [0.25, 0.3) is 0 Å². The molecule has 9 heteroatoms. The first-order valence-electron chi connectivity index (χ1n) is 22.6. The lowest BCUT2D eigenvalue weighted by Crippen LogP contribution is -2.29. The Morgan fingerprint density at radius 3 is 1.30 bits per heavy atom. The van der Waals surface area contributed by atoms with Crippen molar-refractivity contribution in [3.05, 3.63) is 60.8 Å². The van der Waals surface area contributed by atoms with Crippen LogP contribution in [0.3, 0.4) is 0 Å². The molecule has 0 amide bonds. The van der Waals surface area contributed by atoms with Crippen molar-refractivity contribution in [1.82, 2.24) is 0 Å². The van der Waals surface area contributed by atoms with Gasteiger partial charge in [-0.15, -0.1) is 0 Å². The highest BCUT2D eigenvalue weighted by Gasteiger charge is 2.22. The Kier molecular flexibility index (Phi) is 40.7. The number of phosphoric ester groups is 1. The third-order valence-electron chi connectivity index (χ3n) is 9.52. The molecule has 56 heavy (non-hydrogen) atoms. The predicted molar refractivity (Wildman–Crippen MR) is 234 cm³/mol. The lowest BCUT2D eigenvalue weighted by molar-refractivity contribution is -0.161. The number of phosphoric acid groups is 1. The summed E-state index contributed by atoms with van der Waals surface area (Å²) >= 11 is 0. The first kappa shape index (κ1) is 53.8. The Hall–Kier alpha value is -2.25. The van der Waals surface area contributed by atoms with Gasteiger partial charge in [-0.25, -0.2) is 4.57 Å². The minimum atomic E-state index is -4.77. The molecule has 0 radical (unpaired) electrons. The van der Waals surface area contributed by atoms with Gasteiger partial charge in [0.2, 0.25) is 0 Å². The molecule has 324 valence electrons. The van der Waals surface area contributed by atoms with Gasteiger partial charge in [0.15, 0.2) is 6.10 Å². The number of hydrogen-bond donors (Lipinski definition) is 2. The molecule has 0 saturated heterocycles. The standard InChI is InChI=1S/C47H83O8P/c1-3-5-7-9-11-13-15-17-19-21-22-23-24-26-27-29-31-33-35-37-39-41-46(48)53-43-45(44-54-56(50,51)52)55-47(49)42-40-38-36-34-32-30-28-25-20-18-16-14-12-10-8-6-4-2/h6,8,12,14,17-20,28,30,45H,3-5,7,9-11,13,15-16,21-27,29,31-44H2,1-2H3,(H2,50,51,52)/b8-6-,14-12-,19-17-,20-18-,30-28-/t45-/m1/s1. The molecular weight excluding hydrogens is 723 g/mol. The number of carbonyl (C=O) groups excluding carboxylic acids is 2. The average Bonchev–Trinajstić information content (AvgIpc) is 3.17. The van der Waals surface area contributed by atoms with E-state index in [0.29, 0.717) is 6.42 Å². The smallest absolute Gasteiger partial charge is 0.462 e. The van der Waals surface area contributed by atoms with E-state index in [1.54, 1.807) is 0 Å². The second-order valence-corrected chi connectivity index (χ2v) is 16.2. The van der Waals surface area contributed by atoms with Crippen molar-refractivity contribution in [2.75, 3.05) is 13.2 Å². The Morgan fingerprint density at radius 2 is 0.857 bits per heavy atom. The van der Waals surface area contributed by atoms with Crippen molar-refractivity contribution in [3.8, 4) is 0 Å². The van der Waals surface area contributed by atoms with Crippen LogP contribution in [0.1, 0.15) is 206 Å². The van der Waals surface area contributed by atoms with E-state index in [1.165, 1.54) is 103 Å². The largest absolute Gasteiger partial charge is 0.469 e. The van der Waals surface area contributed by atoms with Gasteiger partial charge in [-0.3, -0.25) is 14.1 Å². The van der Waals surface area contributed by atoms with Crippen LogP contribution >= 0.6 is 7.82 Å². The van der Waals surface area contributed by atoms with E-state index in [9.17, 15) is 14.2 Å². The molecule has 0 aliphatic rings. The van der Waals surface area contributed by atoms with E-state index in [2.05, 4.69) is 79.1 Å². The average molecular weight is 807 g/mol.